The largest absolute Gasteiger partial charge is 0.416 e. The van der Waals surface area contributed by atoms with E-state index in [4.69, 9.17) is 0 Å². The van der Waals surface area contributed by atoms with Gasteiger partial charge in [-0.1, -0.05) is 0 Å². The lowest BCUT2D eigenvalue weighted by Crippen LogP contribution is -2.35. The molecule has 9 heteroatoms. The van der Waals surface area contributed by atoms with Gasteiger partial charge in [0.05, 0.1) is 17.8 Å². The zero-order valence-corrected chi connectivity index (χ0v) is 9.04. The lowest BCUT2D eigenvalue weighted by atomic mass is 10.2. The minimum atomic E-state index is -4.79. The molecule has 0 fully saturated rings. The van der Waals surface area contributed by atoms with Crippen LogP contribution < -0.4 is 5.32 Å². The molecule has 0 aliphatic heterocycles. The van der Waals surface area contributed by atoms with Crippen molar-refractivity contribution in [2.75, 3.05) is 11.9 Å². The Hall–Kier alpha value is -1.54. The smallest absolute Gasteiger partial charge is 0.376 e. The predicted molar refractivity (Wildman–Crippen MR) is 50.8 cm³/mol. The Morgan fingerprint density at radius 1 is 1.05 bits per heavy atom. The first-order chi connectivity index (χ1) is 8.54. The molecule has 1 nitrogen and oxygen atoms in total. The van der Waals surface area contributed by atoms with Gasteiger partial charge in [-0.15, -0.1) is 0 Å². The van der Waals surface area contributed by atoms with Crippen LogP contribution in [-0.4, -0.2) is 18.9 Å². The van der Waals surface area contributed by atoms with Crippen LogP contribution in [0, 0.1) is 5.82 Å². The third-order valence-corrected chi connectivity index (χ3v) is 2.13. The van der Waals surface area contributed by atoms with Crippen LogP contribution in [0.3, 0.4) is 0 Å². The monoisotopic (exact) mass is 293 g/mol. The second kappa shape index (κ2) is 5.22. The van der Waals surface area contributed by atoms with Gasteiger partial charge in [0.1, 0.15) is 5.82 Å². The quantitative estimate of drug-likeness (QED) is 0.822. The number of hydrogen-bond donors (Lipinski definition) is 1. The van der Waals surface area contributed by atoms with Gasteiger partial charge in [-0.3, -0.25) is 0 Å². The van der Waals surface area contributed by atoms with Gasteiger partial charge in [-0.2, -0.15) is 22.0 Å². The highest BCUT2D eigenvalue weighted by molar-refractivity contribution is 5.47. The fourth-order valence-electron chi connectivity index (χ4n) is 1.13. The molecule has 0 aliphatic rings. The molecule has 0 aliphatic carbocycles. The third kappa shape index (κ3) is 3.97. The second-order valence-corrected chi connectivity index (χ2v) is 3.61. The molecular formula is C10H7F8N. The summed E-state index contributed by atoms with van der Waals surface area (Å²) in [5.74, 6) is -5.87. The molecule has 0 aromatic heterocycles. The number of hydrogen-bond acceptors (Lipinski definition) is 1. The second-order valence-electron chi connectivity index (χ2n) is 3.61. The Bertz CT molecular complexity index is 440. The Balaban J connectivity index is 2.82. The van der Waals surface area contributed by atoms with Gasteiger partial charge in [0.2, 0.25) is 0 Å². The van der Waals surface area contributed by atoms with Crippen LogP contribution in [-0.2, 0) is 6.18 Å². The first kappa shape index (κ1) is 15.5. The molecule has 1 aromatic rings. The van der Waals surface area contributed by atoms with Crippen LogP contribution in [0.5, 0.6) is 0 Å². The van der Waals surface area contributed by atoms with Crippen molar-refractivity contribution in [1.29, 1.82) is 0 Å². The summed E-state index contributed by atoms with van der Waals surface area (Å²) < 4.78 is 98.3. The molecule has 0 radical (unpaired) electrons. The van der Waals surface area contributed by atoms with Crippen molar-refractivity contribution in [2.24, 2.45) is 0 Å². The first-order valence-electron chi connectivity index (χ1n) is 4.80. The van der Waals surface area contributed by atoms with Crippen molar-refractivity contribution >= 4 is 5.69 Å². The molecule has 0 spiro atoms. The summed E-state index contributed by atoms with van der Waals surface area (Å²) >= 11 is 0. The van der Waals surface area contributed by atoms with Gasteiger partial charge in [0.15, 0.2) is 0 Å². The molecule has 0 heterocycles. The van der Waals surface area contributed by atoms with Crippen molar-refractivity contribution < 1.29 is 35.1 Å². The van der Waals surface area contributed by atoms with Gasteiger partial charge in [-0.25, -0.2) is 13.2 Å². The van der Waals surface area contributed by atoms with E-state index in [9.17, 15) is 35.1 Å². The SMILES string of the molecule is Fc1cc(C(F)(F)F)ccc1NCC(F)(F)C(F)F. The number of anilines is 1. The molecule has 0 unspecified atom stereocenters. The number of nitrogens with one attached hydrogen (secondary N) is 1. The predicted octanol–water partition coefficient (Wildman–Crippen LogP) is 4.16. The van der Waals surface area contributed by atoms with E-state index in [0.717, 1.165) is 0 Å². The number of alkyl halides is 7. The van der Waals surface area contributed by atoms with Crippen molar-refractivity contribution in [2.45, 2.75) is 18.5 Å². The summed E-state index contributed by atoms with van der Waals surface area (Å²) in [4.78, 5) is 0. The molecule has 0 bridgehead atoms. The number of halogens is 8. The third-order valence-electron chi connectivity index (χ3n) is 2.13. The summed E-state index contributed by atoms with van der Waals surface area (Å²) in [6.07, 6.45) is -8.75. The van der Waals surface area contributed by atoms with Gasteiger partial charge >= 0.3 is 18.5 Å². The topological polar surface area (TPSA) is 12.0 Å². The highest BCUT2D eigenvalue weighted by Gasteiger charge is 2.40. The highest BCUT2D eigenvalue weighted by Crippen LogP contribution is 2.31. The minimum Gasteiger partial charge on any atom is -0.376 e. The Labute approximate surface area is 102 Å². The molecular weight excluding hydrogens is 286 g/mol. The molecule has 1 N–H and O–H groups in total. The average molecular weight is 293 g/mol. The van der Waals surface area contributed by atoms with E-state index in [1.54, 1.807) is 5.32 Å². The number of benzene rings is 1. The molecule has 0 saturated carbocycles. The van der Waals surface area contributed by atoms with Crippen molar-refractivity contribution in [3.63, 3.8) is 0 Å². The lowest BCUT2D eigenvalue weighted by Gasteiger charge is -2.17. The van der Waals surface area contributed by atoms with E-state index in [2.05, 4.69) is 0 Å². The maximum Gasteiger partial charge on any atom is 0.416 e. The summed E-state index contributed by atoms with van der Waals surface area (Å²) in [6, 6.07) is 1.09. The van der Waals surface area contributed by atoms with Gasteiger partial charge in [0.25, 0.3) is 0 Å². The lowest BCUT2D eigenvalue weighted by molar-refractivity contribution is -0.137. The maximum absolute atomic E-state index is 13.2. The standard InChI is InChI=1S/C10H7F8N/c11-6-3-5(10(16,17)18)1-2-7(6)19-4-9(14,15)8(12)13/h1-3,8,19H,4H2. The minimum absolute atomic E-state index is 0.0862. The van der Waals surface area contributed by atoms with Gasteiger partial charge in [-0.05, 0) is 18.2 Å². The summed E-state index contributed by atoms with van der Waals surface area (Å²) in [6.45, 7) is -1.59. The summed E-state index contributed by atoms with van der Waals surface area (Å²) in [5.41, 5.74) is -2.02. The molecule has 108 valence electrons. The average Bonchev–Trinajstić information content (AvgIpc) is 2.25. The first-order valence-corrected chi connectivity index (χ1v) is 4.80. The maximum atomic E-state index is 13.2. The van der Waals surface area contributed by atoms with E-state index >= 15 is 0 Å². The highest BCUT2D eigenvalue weighted by atomic mass is 19.4. The van der Waals surface area contributed by atoms with E-state index in [0.29, 0.717) is 12.1 Å². The van der Waals surface area contributed by atoms with Crippen LogP contribution in [0.1, 0.15) is 5.56 Å². The van der Waals surface area contributed by atoms with Crippen LogP contribution in [0.25, 0.3) is 0 Å². The molecule has 0 amide bonds. The summed E-state index contributed by atoms with van der Waals surface area (Å²) in [5, 5.41) is 1.64. The normalized spacial score (nSPS) is 12.9. The fourth-order valence-corrected chi connectivity index (χ4v) is 1.13. The van der Waals surface area contributed by atoms with Gasteiger partial charge in [0, 0.05) is 0 Å². The zero-order valence-electron chi connectivity index (χ0n) is 9.04. The summed E-state index contributed by atoms with van der Waals surface area (Å²) in [7, 11) is 0. The number of rotatable bonds is 4. The van der Waals surface area contributed by atoms with Gasteiger partial charge < -0.3 is 5.32 Å². The molecule has 1 rings (SSSR count). The van der Waals surface area contributed by atoms with E-state index < -0.39 is 42.1 Å². The zero-order chi connectivity index (χ0) is 14.8. The Morgan fingerprint density at radius 3 is 2.05 bits per heavy atom. The molecule has 0 saturated heterocycles. The van der Waals surface area contributed by atoms with Crippen LogP contribution >= 0.6 is 0 Å². The van der Waals surface area contributed by atoms with Crippen LogP contribution in [0.2, 0.25) is 0 Å². The van der Waals surface area contributed by atoms with E-state index in [-0.39, 0.29) is 6.07 Å². The molecule has 19 heavy (non-hydrogen) atoms. The van der Waals surface area contributed by atoms with Crippen LogP contribution in [0.15, 0.2) is 18.2 Å². The molecule has 1 aromatic carbocycles. The van der Waals surface area contributed by atoms with E-state index in [1.165, 1.54) is 0 Å². The Kier molecular flexibility index (Phi) is 4.26. The van der Waals surface area contributed by atoms with Crippen molar-refractivity contribution in [1.82, 2.24) is 0 Å². The van der Waals surface area contributed by atoms with Crippen LogP contribution in [0.4, 0.5) is 40.8 Å². The van der Waals surface area contributed by atoms with Crippen molar-refractivity contribution in [3.05, 3.63) is 29.6 Å². The van der Waals surface area contributed by atoms with Crippen molar-refractivity contribution in [3.8, 4) is 0 Å². The fraction of sp³-hybridized carbons (Fsp3) is 0.400. The van der Waals surface area contributed by atoms with E-state index in [1.807, 2.05) is 0 Å². The Morgan fingerprint density at radius 2 is 1.63 bits per heavy atom. The molecule has 0 atom stereocenters.